The Bertz CT molecular complexity index is 1070. The Morgan fingerprint density at radius 1 is 1.21 bits per heavy atom. The van der Waals surface area contributed by atoms with Crippen LogP contribution >= 0.6 is 23.2 Å². The molecule has 2 heterocycles. The fourth-order valence-electron chi connectivity index (χ4n) is 2.71. The van der Waals surface area contributed by atoms with Gasteiger partial charge in [-0.25, -0.2) is 14.1 Å². The third kappa shape index (κ3) is 2.26. The molecule has 24 heavy (non-hydrogen) atoms. The standard InChI is InChI=1S/C16H12Cl2FN5/c1-20-24-13-5-3-10(18)14(19)15(13)23-16(24)22-12-7-21-11-4-2-8(17)6-9(11)12/h2-7,20-21H,1H3,(H,22,23). The molecule has 0 amide bonds. The highest BCUT2D eigenvalue weighted by Gasteiger charge is 2.16. The van der Waals surface area contributed by atoms with Crippen molar-refractivity contribution in [2.75, 3.05) is 17.8 Å². The summed E-state index contributed by atoms with van der Waals surface area (Å²) in [4.78, 5) is 7.48. The number of benzene rings is 2. The van der Waals surface area contributed by atoms with E-state index in [-0.39, 0.29) is 10.5 Å². The number of aromatic nitrogens is 3. The molecule has 0 saturated heterocycles. The van der Waals surface area contributed by atoms with Crippen molar-refractivity contribution in [3.05, 3.63) is 52.4 Å². The fraction of sp³-hybridized carbons (Fsp3) is 0.0625. The first kappa shape index (κ1) is 15.1. The number of imidazole rings is 1. The minimum absolute atomic E-state index is 0.0358. The average Bonchev–Trinajstić information content (AvgIpc) is 3.13. The smallest absolute Gasteiger partial charge is 0.227 e. The topological polar surface area (TPSA) is 57.7 Å². The molecular formula is C16H12Cl2FN5. The van der Waals surface area contributed by atoms with Crippen LogP contribution in [0.2, 0.25) is 10.0 Å². The second-order valence-electron chi connectivity index (χ2n) is 5.24. The minimum Gasteiger partial charge on any atom is -0.359 e. The maximum absolute atomic E-state index is 14.2. The van der Waals surface area contributed by atoms with Crippen molar-refractivity contribution in [1.82, 2.24) is 14.6 Å². The lowest BCUT2D eigenvalue weighted by Gasteiger charge is -2.09. The summed E-state index contributed by atoms with van der Waals surface area (Å²) >= 11 is 11.9. The Labute approximate surface area is 146 Å². The van der Waals surface area contributed by atoms with Crippen molar-refractivity contribution < 1.29 is 4.39 Å². The molecule has 122 valence electrons. The second-order valence-corrected chi connectivity index (χ2v) is 6.08. The van der Waals surface area contributed by atoms with Crippen molar-refractivity contribution in [3.63, 3.8) is 0 Å². The number of rotatable bonds is 3. The number of aromatic amines is 1. The maximum Gasteiger partial charge on any atom is 0.227 e. The summed E-state index contributed by atoms with van der Waals surface area (Å²) in [6.45, 7) is 0. The van der Waals surface area contributed by atoms with Gasteiger partial charge in [0.2, 0.25) is 5.95 Å². The zero-order valence-corrected chi connectivity index (χ0v) is 14.0. The van der Waals surface area contributed by atoms with E-state index in [0.29, 0.717) is 16.5 Å². The largest absolute Gasteiger partial charge is 0.359 e. The molecule has 2 aromatic carbocycles. The summed E-state index contributed by atoms with van der Waals surface area (Å²) in [5.41, 5.74) is 5.47. The Morgan fingerprint density at radius 2 is 2.04 bits per heavy atom. The van der Waals surface area contributed by atoms with Gasteiger partial charge in [0.25, 0.3) is 0 Å². The van der Waals surface area contributed by atoms with E-state index in [0.717, 1.165) is 16.6 Å². The highest BCUT2D eigenvalue weighted by molar-refractivity contribution is 6.31. The molecule has 0 aliphatic rings. The molecule has 0 bridgehead atoms. The van der Waals surface area contributed by atoms with Crippen LogP contribution in [0.3, 0.4) is 0 Å². The summed E-state index contributed by atoms with van der Waals surface area (Å²) in [5, 5.41) is 4.78. The molecule has 3 N–H and O–H groups in total. The average molecular weight is 364 g/mol. The lowest BCUT2D eigenvalue weighted by atomic mass is 10.2. The normalized spacial score (nSPS) is 11.3. The van der Waals surface area contributed by atoms with Gasteiger partial charge in [-0.3, -0.25) is 0 Å². The van der Waals surface area contributed by atoms with Gasteiger partial charge < -0.3 is 15.7 Å². The van der Waals surface area contributed by atoms with E-state index < -0.39 is 5.82 Å². The molecule has 0 aliphatic carbocycles. The predicted octanol–water partition coefficient (Wildman–Crippen LogP) is 4.88. The van der Waals surface area contributed by atoms with E-state index >= 15 is 0 Å². The lowest BCUT2D eigenvalue weighted by molar-refractivity contribution is 0.638. The summed E-state index contributed by atoms with van der Waals surface area (Å²) in [7, 11) is 1.73. The van der Waals surface area contributed by atoms with Gasteiger partial charge in [-0.15, -0.1) is 0 Å². The first-order valence-electron chi connectivity index (χ1n) is 7.16. The fourth-order valence-corrected chi connectivity index (χ4v) is 3.04. The van der Waals surface area contributed by atoms with E-state index in [1.807, 2.05) is 24.4 Å². The quantitative estimate of drug-likeness (QED) is 0.486. The van der Waals surface area contributed by atoms with E-state index in [2.05, 4.69) is 20.7 Å². The molecule has 0 unspecified atom stereocenters. The van der Waals surface area contributed by atoms with Crippen LogP contribution in [0, 0.1) is 5.82 Å². The third-order valence-corrected chi connectivity index (χ3v) is 4.36. The maximum atomic E-state index is 14.2. The molecule has 0 spiro atoms. The Morgan fingerprint density at radius 3 is 2.83 bits per heavy atom. The van der Waals surface area contributed by atoms with Gasteiger partial charge in [-0.05, 0) is 30.3 Å². The molecule has 0 aliphatic heterocycles. The SMILES string of the molecule is CNn1c(Nc2c[nH]c3ccc(Cl)cc23)nc2c(F)c(Cl)ccc21. The van der Waals surface area contributed by atoms with Crippen molar-refractivity contribution in [3.8, 4) is 0 Å². The molecule has 5 nitrogen and oxygen atoms in total. The van der Waals surface area contributed by atoms with Crippen LogP contribution in [0.5, 0.6) is 0 Å². The highest BCUT2D eigenvalue weighted by Crippen LogP contribution is 2.31. The Hall–Kier alpha value is -2.44. The highest BCUT2D eigenvalue weighted by atomic mass is 35.5. The van der Waals surface area contributed by atoms with Crippen LogP contribution in [0.15, 0.2) is 36.5 Å². The first-order valence-corrected chi connectivity index (χ1v) is 7.92. The lowest BCUT2D eigenvalue weighted by Crippen LogP contribution is -2.11. The van der Waals surface area contributed by atoms with Crippen molar-refractivity contribution in [2.45, 2.75) is 0 Å². The molecule has 2 aromatic heterocycles. The first-order chi connectivity index (χ1) is 11.6. The summed E-state index contributed by atoms with van der Waals surface area (Å²) in [5.74, 6) is -0.109. The van der Waals surface area contributed by atoms with E-state index in [4.69, 9.17) is 23.2 Å². The summed E-state index contributed by atoms with van der Waals surface area (Å²) in [6, 6.07) is 8.76. The van der Waals surface area contributed by atoms with Gasteiger partial charge in [0.05, 0.1) is 16.2 Å². The number of fused-ring (bicyclic) bond motifs is 2. The van der Waals surface area contributed by atoms with Gasteiger partial charge in [-0.2, -0.15) is 0 Å². The molecule has 0 atom stereocenters. The van der Waals surface area contributed by atoms with E-state index in [9.17, 15) is 4.39 Å². The molecule has 0 fully saturated rings. The van der Waals surface area contributed by atoms with Crippen molar-refractivity contribution in [1.29, 1.82) is 0 Å². The molecule has 0 radical (unpaired) electrons. The predicted molar refractivity (Wildman–Crippen MR) is 96.6 cm³/mol. The Balaban J connectivity index is 1.87. The van der Waals surface area contributed by atoms with Crippen LogP contribution in [0.1, 0.15) is 0 Å². The summed E-state index contributed by atoms with van der Waals surface area (Å²) in [6.07, 6.45) is 1.81. The summed E-state index contributed by atoms with van der Waals surface area (Å²) < 4.78 is 15.9. The third-order valence-electron chi connectivity index (χ3n) is 3.83. The van der Waals surface area contributed by atoms with Gasteiger partial charge in [0.15, 0.2) is 5.82 Å². The number of hydrogen-bond donors (Lipinski definition) is 3. The molecule has 4 aromatic rings. The van der Waals surface area contributed by atoms with E-state index in [1.165, 1.54) is 6.07 Å². The van der Waals surface area contributed by atoms with Crippen LogP contribution in [0.4, 0.5) is 16.0 Å². The van der Waals surface area contributed by atoms with Crippen LogP contribution < -0.4 is 10.7 Å². The molecular weight excluding hydrogens is 352 g/mol. The van der Waals surface area contributed by atoms with E-state index in [1.54, 1.807) is 17.8 Å². The number of H-pyrrole nitrogens is 1. The molecule has 0 saturated carbocycles. The van der Waals surface area contributed by atoms with Gasteiger partial charge in [-0.1, -0.05) is 23.2 Å². The number of nitrogens with zero attached hydrogens (tertiary/aromatic N) is 2. The zero-order chi connectivity index (χ0) is 16.8. The van der Waals surface area contributed by atoms with Gasteiger partial charge in [0.1, 0.15) is 5.52 Å². The van der Waals surface area contributed by atoms with Crippen LogP contribution in [-0.4, -0.2) is 21.7 Å². The Kier molecular flexibility index (Phi) is 3.51. The number of nitrogens with one attached hydrogen (secondary N) is 3. The monoisotopic (exact) mass is 363 g/mol. The molecule has 8 heteroatoms. The van der Waals surface area contributed by atoms with Gasteiger partial charge in [0, 0.05) is 29.2 Å². The zero-order valence-electron chi connectivity index (χ0n) is 12.5. The number of anilines is 2. The second kappa shape index (κ2) is 5.58. The minimum atomic E-state index is -0.548. The van der Waals surface area contributed by atoms with Crippen molar-refractivity contribution >= 4 is 56.8 Å². The number of halogens is 3. The van der Waals surface area contributed by atoms with Crippen LogP contribution in [-0.2, 0) is 0 Å². The van der Waals surface area contributed by atoms with Gasteiger partial charge >= 0.3 is 0 Å². The number of hydrogen-bond acceptors (Lipinski definition) is 3. The van der Waals surface area contributed by atoms with Crippen LogP contribution in [0.25, 0.3) is 21.9 Å². The molecule has 4 rings (SSSR count). The van der Waals surface area contributed by atoms with Crippen molar-refractivity contribution in [2.24, 2.45) is 0 Å².